The van der Waals surface area contributed by atoms with Crippen LogP contribution < -0.4 is 10.6 Å². The van der Waals surface area contributed by atoms with E-state index < -0.39 is 0 Å². The first-order valence-corrected chi connectivity index (χ1v) is 9.62. The van der Waals surface area contributed by atoms with E-state index >= 15 is 0 Å². The van der Waals surface area contributed by atoms with E-state index in [-0.39, 0.29) is 0 Å². The standard InChI is InChI=1S/C21H31N5/c1-15(2)26-13-16(3)20(14-26)25-21(22-4)23-12-11-18-10-9-17-7-5-6-8-19(17)24-18/h5-10,15-16,20H,11-14H2,1-4H3,(H2,22,23,25). The topological polar surface area (TPSA) is 52.6 Å². The maximum absolute atomic E-state index is 4.74. The summed E-state index contributed by atoms with van der Waals surface area (Å²) in [5.74, 6) is 1.51. The molecule has 1 aromatic carbocycles. The smallest absolute Gasteiger partial charge is 0.191 e. The molecule has 5 heteroatoms. The van der Waals surface area contributed by atoms with Crippen molar-refractivity contribution in [2.45, 2.75) is 39.3 Å². The summed E-state index contributed by atoms with van der Waals surface area (Å²) < 4.78 is 0. The zero-order valence-electron chi connectivity index (χ0n) is 16.4. The van der Waals surface area contributed by atoms with Crippen molar-refractivity contribution in [3.63, 3.8) is 0 Å². The van der Waals surface area contributed by atoms with Gasteiger partial charge >= 0.3 is 0 Å². The molecule has 0 spiro atoms. The van der Waals surface area contributed by atoms with Crippen LogP contribution in [-0.2, 0) is 6.42 Å². The predicted octanol–water partition coefficient (Wildman–Crippen LogP) is 2.67. The molecule has 0 bridgehead atoms. The molecule has 1 aromatic heterocycles. The van der Waals surface area contributed by atoms with Crippen LogP contribution in [0.2, 0.25) is 0 Å². The third kappa shape index (κ3) is 4.52. The van der Waals surface area contributed by atoms with Crippen molar-refractivity contribution >= 4 is 16.9 Å². The van der Waals surface area contributed by atoms with Crippen LogP contribution in [0.5, 0.6) is 0 Å². The predicted molar refractivity (Wildman–Crippen MR) is 110 cm³/mol. The molecule has 2 N–H and O–H groups in total. The lowest BCUT2D eigenvalue weighted by Gasteiger charge is -2.22. The summed E-state index contributed by atoms with van der Waals surface area (Å²) in [4.78, 5) is 11.7. The lowest BCUT2D eigenvalue weighted by atomic mass is 10.1. The van der Waals surface area contributed by atoms with Crippen LogP contribution in [-0.4, -0.2) is 54.6 Å². The van der Waals surface area contributed by atoms with E-state index in [1.807, 2.05) is 19.2 Å². The van der Waals surface area contributed by atoms with Gasteiger partial charge in [0, 0.05) is 56.3 Å². The van der Waals surface area contributed by atoms with Crippen LogP contribution in [0.1, 0.15) is 26.5 Å². The maximum atomic E-state index is 4.74. The third-order valence-electron chi connectivity index (χ3n) is 5.25. The van der Waals surface area contributed by atoms with Crippen LogP contribution >= 0.6 is 0 Å². The number of guanidine groups is 1. The van der Waals surface area contributed by atoms with Crippen molar-refractivity contribution in [2.24, 2.45) is 10.9 Å². The van der Waals surface area contributed by atoms with Gasteiger partial charge in [0.2, 0.25) is 0 Å². The molecular formula is C21H31N5. The summed E-state index contributed by atoms with van der Waals surface area (Å²) in [6.07, 6.45) is 0.879. The molecule has 2 atom stereocenters. The zero-order valence-corrected chi connectivity index (χ0v) is 16.4. The molecule has 1 saturated heterocycles. The summed E-state index contributed by atoms with van der Waals surface area (Å²) in [5, 5.41) is 8.22. The highest BCUT2D eigenvalue weighted by molar-refractivity contribution is 5.80. The number of aromatic nitrogens is 1. The normalized spacial score (nSPS) is 21.5. The highest BCUT2D eigenvalue weighted by atomic mass is 15.3. The van der Waals surface area contributed by atoms with Crippen LogP contribution in [0, 0.1) is 5.92 Å². The minimum absolute atomic E-state index is 0.447. The second-order valence-corrected chi connectivity index (χ2v) is 7.52. The first kappa shape index (κ1) is 18.6. The Morgan fingerprint density at radius 2 is 2.04 bits per heavy atom. The Morgan fingerprint density at radius 3 is 2.77 bits per heavy atom. The number of hydrogen-bond donors (Lipinski definition) is 2. The number of hydrogen-bond acceptors (Lipinski definition) is 3. The third-order valence-corrected chi connectivity index (χ3v) is 5.25. The summed E-state index contributed by atoms with van der Waals surface area (Å²) in [6.45, 7) is 9.88. The maximum Gasteiger partial charge on any atom is 0.191 e. The van der Waals surface area contributed by atoms with Gasteiger partial charge in [-0.1, -0.05) is 31.2 Å². The fourth-order valence-corrected chi connectivity index (χ4v) is 3.54. The van der Waals surface area contributed by atoms with E-state index in [0.717, 1.165) is 43.2 Å². The van der Waals surface area contributed by atoms with Crippen molar-refractivity contribution in [3.05, 3.63) is 42.1 Å². The van der Waals surface area contributed by atoms with E-state index in [1.165, 1.54) is 5.39 Å². The van der Waals surface area contributed by atoms with Gasteiger partial charge in [0.1, 0.15) is 0 Å². The SMILES string of the molecule is CN=C(NCCc1ccc2ccccc2n1)NC1CN(C(C)C)CC1C. The Balaban J connectivity index is 1.51. The van der Waals surface area contributed by atoms with E-state index in [0.29, 0.717) is 18.0 Å². The van der Waals surface area contributed by atoms with Gasteiger partial charge in [-0.3, -0.25) is 14.9 Å². The van der Waals surface area contributed by atoms with Crippen LogP contribution in [0.15, 0.2) is 41.4 Å². The Kier molecular flexibility index (Phi) is 6.09. The molecular weight excluding hydrogens is 322 g/mol. The number of fused-ring (bicyclic) bond motifs is 1. The number of likely N-dealkylation sites (tertiary alicyclic amines) is 1. The van der Waals surface area contributed by atoms with E-state index in [1.54, 1.807) is 0 Å². The number of nitrogens with zero attached hydrogens (tertiary/aromatic N) is 3. The molecule has 1 aliphatic heterocycles. The highest BCUT2D eigenvalue weighted by Gasteiger charge is 2.31. The molecule has 2 heterocycles. The average molecular weight is 354 g/mol. The second-order valence-electron chi connectivity index (χ2n) is 7.52. The monoisotopic (exact) mass is 353 g/mol. The van der Waals surface area contributed by atoms with Crippen LogP contribution in [0.3, 0.4) is 0 Å². The molecule has 26 heavy (non-hydrogen) atoms. The first-order valence-electron chi connectivity index (χ1n) is 9.62. The van der Waals surface area contributed by atoms with Crippen LogP contribution in [0.25, 0.3) is 10.9 Å². The lowest BCUT2D eigenvalue weighted by molar-refractivity contribution is 0.265. The van der Waals surface area contributed by atoms with Crippen molar-refractivity contribution in [1.29, 1.82) is 0 Å². The molecule has 140 valence electrons. The van der Waals surface area contributed by atoms with Gasteiger partial charge in [0.15, 0.2) is 5.96 Å². The summed E-state index contributed by atoms with van der Waals surface area (Å²) in [7, 11) is 1.84. The first-order chi connectivity index (χ1) is 12.6. The minimum Gasteiger partial charge on any atom is -0.356 e. The number of benzene rings is 1. The Labute approximate surface area is 156 Å². The highest BCUT2D eigenvalue weighted by Crippen LogP contribution is 2.18. The molecule has 0 saturated carbocycles. The van der Waals surface area contributed by atoms with E-state index in [2.05, 4.69) is 65.6 Å². The Bertz CT molecular complexity index is 755. The molecule has 1 aliphatic rings. The number of nitrogens with one attached hydrogen (secondary N) is 2. The number of pyridine rings is 1. The van der Waals surface area contributed by atoms with Crippen molar-refractivity contribution in [3.8, 4) is 0 Å². The molecule has 3 rings (SSSR count). The molecule has 0 amide bonds. The molecule has 2 unspecified atom stereocenters. The summed E-state index contributed by atoms with van der Waals surface area (Å²) >= 11 is 0. The number of aliphatic imine (C=N–C) groups is 1. The fourth-order valence-electron chi connectivity index (χ4n) is 3.54. The molecule has 2 aromatic rings. The quantitative estimate of drug-likeness (QED) is 0.641. The van der Waals surface area contributed by atoms with Gasteiger partial charge in [0.05, 0.1) is 5.52 Å². The van der Waals surface area contributed by atoms with Gasteiger partial charge in [-0.25, -0.2) is 0 Å². The number of para-hydroxylation sites is 1. The average Bonchev–Trinajstić information content (AvgIpc) is 3.01. The Morgan fingerprint density at radius 1 is 1.23 bits per heavy atom. The summed E-state index contributed by atoms with van der Waals surface area (Å²) in [6, 6.07) is 13.5. The molecule has 0 aliphatic carbocycles. The second kappa shape index (κ2) is 8.49. The molecule has 1 fully saturated rings. The van der Waals surface area contributed by atoms with E-state index in [4.69, 9.17) is 4.98 Å². The number of rotatable bonds is 5. The van der Waals surface area contributed by atoms with Gasteiger partial charge in [-0.2, -0.15) is 0 Å². The molecule has 0 radical (unpaired) electrons. The van der Waals surface area contributed by atoms with Gasteiger partial charge < -0.3 is 10.6 Å². The van der Waals surface area contributed by atoms with Crippen molar-refractivity contribution < 1.29 is 0 Å². The molecule has 5 nitrogen and oxygen atoms in total. The minimum atomic E-state index is 0.447. The van der Waals surface area contributed by atoms with Crippen LogP contribution in [0.4, 0.5) is 0 Å². The lowest BCUT2D eigenvalue weighted by Crippen LogP contribution is -2.47. The van der Waals surface area contributed by atoms with Gasteiger partial charge in [-0.15, -0.1) is 0 Å². The zero-order chi connectivity index (χ0) is 18.5. The van der Waals surface area contributed by atoms with Gasteiger partial charge in [0.25, 0.3) is 0 Å². The van der Waals surface area contributed by atoms with Crippen molar-refractivity contribution in [2.75, 3.05) is 26.7 Å². The fraction of sp³-hybridized carbons (Fsp3) is 0.524. The van der Waals surface area contributed by atoms with Crippen molar-refractivity contribution in [1.82, 2.24) is 20.5 Å². The van der Waals surface area contributed by atoms with E-state index in [9.17, 15) is 0 Å². The van der Waals surface area contributed by atoms with Gasteiger partial charge in [-0.05, 0) is 31.9 Å². The largest absolute Gasteiger partial charge is 0.356 e. The summed E-state index contributed by atoms with van der Waals surface area (Å²) in [5.41, 5.74) is 2.16. The Hall–Kier alpha value is -2.14.